The van der Waals surface area contributed by atoms with Crippen molar-refractivity contribution in [2.75, 3.05) is 39.4 Å². The van der Waals surface area contributed by atoms with Crippen LogP contribution in [0.25, 0.3) is 10.9 Å². The van der Waals surface area contributed by atoms with Crippen molar-refractivity contribution in [1.29, 1.82) is 0 Å². The smallest absolute Gasteiger partial charge is 0.239 e. The van der Waals surface area contributed by atoms with E-state index in [1.165, 1.54) is 6.07 Å². The van der Waals surface area contributed by atoms with Crippen LogP contribution in [0.3, 0.4) is 0 Å². The highest BCUT2D eigenvalue weighted by molar-refractivity contribution is 6.31. The lowest BCUT2D eigenvalue weighted by Gasteiger charge is -2.26. The van der Waals surface area contributed by atoms with Gasteiger partial charge in [0.2, 0.25) is 5.91 Å². The summed E-state index contributed by atoms with van der Waals surface area (Å²) in [6.45, 7) is 4.89. The molecule has 128 valence electrons. The molecular formula is C17H20ClN3O3. The van der Waals surface area contributed by atoms with Crippen LogP contribution in [0.5, 0.6) is 0 Å². The van der Waals surface area contributed by atoms with Gasteiger partial charge in [0.1, 0.15) is 6.54 Å². The molecule has 24 heavy (non-hydrogen) atoms. The summed E-state index contributed by atoms with van der Waals surface area (Å²) >= 11 is 5.95. The third-order valence-corrected chi connectivity index (χ3v) is 4.34. The molecule has 1 aromatic carbocycles. The Kier molecular flexibility index (Phi) is 5.50. The highest BCUT2D eigenvalue weighted by atomic mass is 35.5. The zero-order chi connectivity index (χ0) is 16.9. The summed E-state index contributed by atoms with van der Waals surface area (Å²) in [5.74, 6) is -0.0804. The first-order valence-electron chi connectivity index (χ1n) is 7.99. The molecule has 2 aromatic rings. The minimum absolute atomic E-state index is 0.0804. The fourth-order valence-electron chi connectivity index (χ4n) is 2.81. The maximum absolute atomic E-state index is 12.2. The van der Waals surface area contributed by atoms with E-state index in [4.69, 9.17) is 16.3 Å². The van der Waals surface area contributed by atoms with Crippen molar-refractivity contribution in [1.82, 2.24) is 14.8 Å². The Morgan fingerprint density at radius 2 is 2.04 bits per heavy atom. The molecule has 0 saturated carbocycles. The molecule has 0 aliphatic carbocycles. The SMILES string of the molecule is O=C(Cn1ccc(=O)c2cc(Cl)ccc21)NCCN1CCOCC1. The number of carbonyl (C=O) groups is 1. The Bertz CT molecular complexity index is 784. The van der Waals surface area contributed by atoms with Crippen LogP contribution in [-0.4, -0.2) is 54.8 Å². The number of morpholine rings is 1. The van der Waals surface area contributed by atoms with Crippen molar-refractivity contribution in [3.63, 3.8) is 0 Å². The van der Waals surface area contributed by atoms with Gasteiger partial charge >= 0.3 is 0 Å². The Labute approximate surface area is 145 Å². The van der Waals surface area contributed by atoms with E-state index < -0.39 is 0 Å². The van der Waals surface area contributed by atoms with E-state index in [0.29, 0.717) is 22.5 Å². The summed E-state index contributed by atoms with van der Waals surface area (Å²) in [7, 11) is 0. The second kappa shape index (κ2) is 7.79. The number of fused-ring (bicyclic) bond motifs is 1. The van der Waals surface area contributed by atoms with Gasteiger partial charge in [0.15, 0.2) is 5.43 Å². The van der Waals surface area contributed by atoms with Crippen LogP contribution in [0.15, 0.2) is 35.3 Å². The van der Waals surface area contributed by atoms with Crippen LogP contribution in [-0.2, 0) is 16.1 Å². The lowest BCUT2D eigenvalue weighted by atomic mass is 10.2. The summed E-state index contributed by atoms with van der Waals surface area (Å²) in [6, 6.07) is 6.57. The Morgan fingerprint density at radius 3 is 2.83 bits per heavy atom. The first kappa shape index (κ1) is 17.0. The molecular weight excluding hydrogens is 330 g/mol. The van der Waals surface area contributed by atoms with Gasteiger partial charge in [-0.1, -0.05) is 11.6 Å². The summed E-state index contributed by atoms with van der Waals surface area (Å²) in [5, 5.41) is 3.95. The second-order valence-corrected chi connectivity index (χ2v) is 6.21. The topological polar surface area (TPSA) is 63.6 Å². The molecule has 1 aromatic heterocycles. The highest BCUT2D eigenvalue weighted by Gasteiger charge is 2.11. The predicted molar refractivity (Wildman–Crippen MR) is 93.5 cm³/mol. The average Bonchev–Trinajstić information content (AvgIpc) is 2.58. The van der Waals surface area contributed by atoms with Crippen LogP contribution >= 0.6 is 11.6 Å². The molecule has 1 aliphatic heterocycles. The largest absolute Gasteiger partial charge is 0.379 e. The van der Waals surface area contributed by atoms with E-state index in [1.54, 1.807) is 29.0 Å². The van der Waals surface area contributed by atoms with Crippen LogP contribution in [0.2, 0.25) is 5.02 Å². The van der Waals surface area contributed by atoms with Crippen molar-refractivity contribution in [2.24, 2.45) is 0 Å². The number of aromatic nitrogens is 1. The van der Waals surface area contributed by atoms with E-state index in [0.717, 1.165) is 32.8 Å². The summed E-state index contributed by atoms with van der Waals surface area (Å²) in [6.07, 6.45) is 1.64. The number of hydrogen-bond acceptors (Lipinski definition) is 4. The lowest BCUT2D eigenvalue weighted by molar-refractivity contribution is -0.121. The van der Waals surface area contributed by atoms with E-state index in [9.17, 15) is 9.59 Å². The maximum Gasteiger partial charge on any atom is 0.239 e. The number of ether oxygens (including phenoxy) is 1. The monoisotopic (exact) mass is 349 g/mol. The Morgan fingerprint density at radius 1 is 1.25 bits per heavy atom. The minimum atomic E-state index is -0.100. The van der Waals surface area contributed by atoms with Gasteiger partial charge in [-0.05, 0) is 18.2 Å². The molecule has 0 unspecified atom stereocenters. The third-order valence-electron chi connectivity index (χ3n) is 4.11. The zero-order valence-corrected chi connectivity index (χ0v) is 14.1. The summed E-state index contributed by atoms with van der Waals surface area (Å²) in [5.41, 5.74) is 0.603. The summed E-state index contributed by atoms with van der Waals surface area (Å²) < 4.78 is 7.06. The molecule has 0 radical (unpaired) electrons. The molecule has 1 aliphatic rings. The van der Waals surface area contributed by atoms with Gasteiger partial charge in [-0.3, -0.25) is 14.5 Å². The van der Waals surface area contributed by atoms with Crippen LogP contribution in [0.1, 0.15) is 0 Å². The molecule has 2 heterocycles. The zero-order valence-electron chi connectivity index (χ0n) is 13.3. The van der Waals surface area contributed by atoms with E-state index in [2.05, 4.69) is 10.2 Å². The van der Waals surface area contributed by atoms with Gasteiger partial charge < -0.3 is 14.6 Å². The number of carbonyl (C=O) groups excluding carboxylic acids is 1. The van der Waals surface area contributed by atoms with Gasteiger partial charge in [-0.2, -0.15) is 0 Å². The van der Waals surface area contributed by atoms with Gasteiger partial charge in [0, 0.05) is 48.9 Å². The molecule has 7 heteroatoms. The van der Waals surface area contributed by atoms with Crippen molar-refractivity contribution in [3.8, 4) is 0 Å². The van der Waals surface area contributed by atoms with Gasteiger partial charge in [0.25, 0.3) is 0 Å². The first-order chi connectivity index (χ1) is 11.6. The van der Waals surface area contributed by atoms with Crippen molar-refractivity contribution in [2.45, 2.75) is 6.54 Å². The number of amides is 1. The number of nitrogens with zero attached hydrogens (tertiary/aromatic N) is 2. The number of rotatable bonds is 5. The highest BCUT2D eigenvalue weighted by Crippen LogP contribution is 2.16. The third kappa shape index (κ3) is 4.14. The van der Waals surface area contributed by atoms with E-state index in [1.807, 2.05) is 0 Å². The first-order valence-corrected chi connectivity index (χ1v) is 8.37. The minimum Gasteiger partial charge on any atom is -0.379 e. The number of pyridine rings is 1. The van der Waals surface area contributed by atoms with Crippen molar-refractivity contribution < 1.29 is 9.53 Å². The number of nitrogens with one attached hydrogen (secondary N) is 1. The summed E-state index contributed by atoms with van der Waals surface area (Å²) in [4.78, 5) is 26.4. The molecule has 6 nitrogen and oxygen atoms in total. The second-order valence-electron chi connectivity index (χ2n) is 5.77. The molecule has 0 atom stereocenters. The normalized spacial score (nSPS) is 15.5. The fraction of sp³-hybridized carbons (Fsp3) is 0.412. The lowest BCUT2D eigenvalue weighted by Crippen LogP contribution is -2.41. The molecule has 1 N–H and O–H groups in total. The Hall–Kier alpha value is -1.89. The predicted octanol–water partition coefficient (Wildman–Crippen LogP) is 1.10. The van der Waals surface area contributed by atoms with Crippen molar-refractivity contribution in [3.05, 3.63) is 45.7 Å². The van der Waals surface area contributed by atoms with Gasteiger partial charge in [-0.25, -0.2) is 0 Å². The fourth-order valence-corrected chi connectivity index (χ4v) is 2.98. The molecule has 1 saturated heterocycles. The molecule has 1 fully saturated rings. The Balaban J connectivity index is 1.61. The van der Waals surface area contributed by atoms with E-state index >= 15 is 0 Å². The van der Waals surface area contributed by atoms with Crippen LogP contribution < -0.4 is 10.7 Å². The van der Waals surface area contributed by atoms with Crippen molar-refractivity contribution >= 4 is 28.4 Å². The average molecular weight is 350 g/mol. The number of halogens is 1. The van der Waals surface area contributed by atoms with Gasteiger partial charge in [0.05, 0.1) is 18.7 Å². The quantitative estimate of drug-likeness (QED) is 0.878. The van der Waals surface area contributed by atoms with Gasteiger partial charge in [-0.15, -0.1) is 0 Å². The molecule has 1 amide bonds. The number of hydrogen-bond donors (Lipinski definition) is 1. The van der Waals surface area contributed by atoms with E-state index in [-0.39, 0.29) is 17.9 Å². The molecule has 3 rings (SSSR count). The molecule has 0 spiro atoms. The van der Waals surface area contributed by atoms with Crippen LogP contribution in [0, 0.1) is 0 Å². The number of benzene rings is 1. The molecule has 0 bridgehead atoms. The standard InChI is InChI=1S/C17H20ClN3O3/c18-13-1-2-15-14(11-13)16(22)3-5-21(15)12-17(23)19-4-6-20-7-9-24-10-8-20/h1-3,5,11H,4,6-10,12H2,(H,19,23). The maximum atomic E-state index is 12.2. The van der Waals surface area contributed by atoms with Crippen LogP contribution in [0.4, 0.5) is 0 Å².